The zero-order valence-electron chi connectivity index (χ0n) is 11.4. The number of nitrogens with two attached hydrogens (primary N) is 1. The molecule has 4 nitrogen and oxygen atoms in total. The second kappa shape index (κ2) is 6.36. The number of ether oxygens (including phenoxy) is 1. The van der Waals surface area contributed by atoms with Gasteiger partial charge in [0.05, 0.1) is 12.6 Å². The standard InChI is InChI=1S/C14H24N2O2/c1-3-16(9-13-5-4-6-17-13)10-14-7-12(8-15)11(2)18-14/h7,13H,3-6,8-10,15H2,1-2H3. The summed E-state index contributed by atoms with van der Waals surface area (Å²) in [6.45, 7) is 8.46. The van der Waals surface area contributed by atoms with Gasteiger partial charge in [0, 0.05) is 25.3 Å². The third-order valence-electron chi connectivity index (χ3n) is 3.60. The minimum Gasteiger partial charge on any atom is -0.465 e. The van der Waals surface area contributed by atoms with E-state index in [2.05, 4.69) is 17.9 Å². The molecule has 0 radical (unpaired) electrons. The average molecular weight is 252 g/mol. The van der Waals surface area contributed by atoms with Gasteiger partial charge in [-0.3, -0.25) is 4.90 Å². The van der Waals surface area contributed by atoms with Gasteiger partial charge in [0.25, 0.3) is 0 Å². The largest absolute Gasteiger partial charge is 0.465 e. The van der Waals surface area contributed by atoms with Crippen molar-refractivity contribution in [2.45, 2.75) is 45.9 Å². The Kier molecular flexibility index (Phi) is 4.80. The number of rotatable bonds is 6. The van der Waals surface area contributed by atoms with Gasteiger partial charge >= 0.3 is 0 Å². The Bertz CT molecular complexity index is 370. The lowest BCUT2D eigenvalue weighted by atomic mass is 10.2. The first-order valence-electron chi connectivity index (χ1n) is 6.85. The van der Waals surface area contributed by atoms with E-state index >= 15 is 0 Å². The van der Waals surface area contributed by atoms with Crippen LogP contribution in [0.4, 0.5) is 0 Å². The second-order valence-electron chi connectivity index (χ2n) is 4.96. The molecule has 1 aromatic heterocycles. The normalized spacial score (nSPS) is 19.9. The van der Waals surface area contributed by atoms with Crippen LogP contribution in [0.2, 0.25) is 0 Å². The SMILES string of the molecule is CCN(Cc1cc(CN)c(C)o1)CC1CCCO1. The molecule has 1 fully saturated rings. The van der Waals surface area contributed by atoms with Gasteiger partial charge in [-0.2, -0.15) is 0 Å². The van der Waals surface area contributed by atoms with Crippen LogP contribution in [0.15, 0.2) is 10.5 Å². The molecule has 2 heterocycles. The Morgan fingerprint density at radius 2 is 2.33 bits per heavy atom. The molecule has 0 spiro atoms. The maximum Gasteiger partial charge on any atom is 0.118 e. The van der Waals surface area contributed by atoms with Crippen LogP contribution in [-0.2, 0) is 17.8 Å². The maximum atomic E-state index is 5.74. The lowest BCUT2D eigenvalue weighted by molar-refractivity contribution is 0.0702. The van der Waals surface area contributed by atoms with Crippen LogP contribution in [0.25, 0.3) is 0 Å². The molecule has 0 amide bonds. The summed E-state index contributed by atoms with van der Waals surface area (Å²) >= 11 is 0. The van der Waals surface area contributed by atoms with E-state index in [9.17, 15) is 0 Å². The van der Waals surface area contributed by atoms with Crippen LogP contribution in [0.5, 0.6) is 0 Å². The Balaban J connectivity index is 1.91. The second-order valence-corrected chi connectivity index (χ2v) is 4.96. The molecule has 1 atom stereocenters. The summed E-state index contributed by atoms with van der Waals surface area (Å²) in [7, 11) is 0. The van der Waals surface area contributed by atoms with Crippen LogP contribution >= 0.6 is 0 Å². The van der Waals surface area contributed by atoms with Crippen LogP contribution in [0.1, 0.15) is 36.8 Å². The summed E-state index contributed by atoms with van der Waals surface area (Å²) < 4.78 is 11.4. The number of hydrogen-bond acceptors (Lipinski definition) is 4. The first-order chi connectivity index (χ1) is 8.72. The topological polar surface area (TPSA) is 51.6 Å². The molecule has 1 aliphatic heterocycles. The molecule has 102 valence electrons. The number of furan rings is 1. The van der Waals surface area contributed by atoms with E-state index in [0.717, 1.165) is 43.3 Å². The summed E-state index contributed by atoms with van der Waals surface area (Å²) in [5.41, 5.74) is 6.78. The molecule has 0 saturated carbocycles. The van der Waals surface area contributed by atoms with E-state index in [-0.39, 0.29) is 0 Å². The van der Waals surface area contributed by atoms with E-state index in [1.54, 1.807) is 0 Å². The van der Waals surface area contributed by atoms with Crippen molar-refractivity contribution in [1.29, 1.82) is 0 Å². The van der Waals surface area contributed by atoms with E-state index in [4.69, 9.17) is 14.9 Å². The number of hydrogen-bond donors (Lipinski definition) is 1. The lowest BCUT2D eigenvalue weighted by Crippen LogP contribution is -2.31. The zero-order chi connectivity index (χ0) is 13.0. The fraction of sp³-hybridized carbons (Fsp3) is 0.714. The highest BCUT2D eigenvalue weighted by molar-refractivity contribution is 5.20. The Morgan fingerprint density at radius 1 is 1.50 bits per heavy atom. The average Bonchev–Trinajstić information content (AvgIpc) is 2.98. The van der Waals surface area contributed by atoms with Crippen molar-refractivity contribution < 1.29 is 9.15 Å². The molecular formula is C14H24N2O2. The van der Waals surface area contributed by atoms with Crippen molar-refractivity contribution in [3.63, 3.8) is 0 Å². The monoisotopic (exact) mass is 252 g/mol. The van der Waals surface area contributed by atoms with E-state index < -0.39 is 0 Å². The number of likely N-dealkylation sites (N-methyl/N-ethyl adjacent to an activating group) is 1. The first kappa shape index (κ1) is 13.6. The number of nitrogens with zero attached hydrogens (tertiary/aromatic N) is 1. The van der Waals surface area contributed by atoms with Gasteiger partial charge in [0.15, 0.2) is 0 Å². The molecular weight excluding hydrogens is 228 g/mol. The number of aryl methyl sites for hydroxylation is 1. The van der Waals surface area contributed by atoms with Gasteiger partial charge in [0.1, 0.15) is 11.5 Å². The maximum absolute atomic E-state index is 5.74. The molecule has 1 unspecified atom stereocenters. The molecule has 1 saturated heterocycles. The summed E-state index contributed by atoms with van der Waals surface area (Å²) in [6.07, 6.45) is 2.77. The molecule has 2 N–H and O–H groups in total. The molecule has 1 aromatic rings. The minimum absolute atomic E-state index is 0.398. The molecule has 2 rings (SSSR count). The predicted molar refractivity (Wildman–Crippen MR) is 71.3 cm³/mol. The van der Waals surface area contributed by atoms with Gasteiger partial charge < -0.3 is 14.9 Å². The molecule has 4 heteroatoms. The van der Waals surface area contributed by atoms with Crippen LogP contribution in [0.3, 0.4) is 0 Å². The van der Waals surface area contributed by atoms with Gasteiger partial charge in [-0.15, -0.1) is 0 Å². The molecule has 1 aliphatic rings. The van der Waals surface area contributed by atoms with Crippen molar-refractivity contribution in [3.05, 3.63) is 23.2 Å². The Hall–Kier alpha value is -0.840. The van der Waals surface area contributed by atoms with Crippen molar-refractivity contribution in [3.8, 4) is 0 Å². The molecule has 0 aliphatic carbocycles. The smallest absolute Gasteiger partial charge is 0.118 e. The zero-order valence-corrected chi connectivity index (χ0v) is 11.4. The quantitative estimate of drug-likeness (QED) is 0.842. The van der Waals surface area contributed by atoms with E-state index in [1.165, 1.54) is 12.8 Å². The van der Waals surface area contributed by atoms with Crippen molar-refractivity contribution in [1.82, 2.24) is 4.90 Å². The summed E-state index contributed by atoms with van der Waals surface area (Å²) in [5.74, 6) is 1.95. The highest BCUT2D eigenvalue weighted by Crippen LogP contribution is 2.18. The van der Waals surface area contributed by atoms with Gasteiger partial charge in [-0.25, -0.2) is 0 Å². The van der Waals surface area contributed by atoms with E-state index in [0.29, 0.717) is 12.6 Å². The molecule has 0 aromatic carbocycles. The molecule has 0 bridgehead atoms. The third-order valence-corrected chi connectivity index (χ3v) is 3.60. The van der Waals surface area contributed by atoms with Crippen LogP contribution in [0, 0.1) is 6.92 Å². The van der Waals surface area contributed by atoms with Gasteiger partial charge in [-0.05, 0) is 32.4 Å². The highest BCUT2D eigenvalue weighted by Gasteiger charge is 2.19. The predicted octanol–water partition coefficient (Wildman–Crippen LogP) is 2.05. The fourth-order valence-electron chi connectivity index (χ4n) is 2.47. The fourth-order valence-corrected chi connectivity index (χ4v) is 2.47. The van der Waals surface area contributed by atoms with Crippen LogP contribution in [-0.4, -0.2) is 30.7 Å². The van der Waals surface area contributed by atoms with E-state index in [1.807, 2.05) is 6.92 Å². The van der Waals surface area contributed by atoms with Crippen molar-refractivity contribution in [2.24, 2.45) is 5.73 Å². The minimum atomic E-state index is 0.398. The van der Waals surface area contributed by atoms with Crippen molar-refractivity contribution in [2.75, 3.05) is 19.7 Å². The van der Waals surface area contributed by atoms with Gasteiger partial charge in [-0.1, -0.05) is 6.92 Å². The third kappa shape index (κ3) is 3.34. The first-order valence-corrected chi connectivity index (χ1v) is 6.85. The van der Waals surface area contributed by atoms with Gasteiger partial charge in [0.2, 0.25) is 0 Å². The lowest BCUT2D eigenvalue weighted by Gasteiger charge is -2.22. The summed E-state index contributed by atoms with van der Waals surface area (Å²) in [6, 6.07) is 2.08. The highest BCUT2D eigenvalue weighted by atomic mass is 16.5. The van der Waals surface area contributed by atoms with Crippen LogP contribution < -0.4 is 5.73 Å². The Labute approximate surface area is 109 Å². The summed E-state index contributed by atoms with van der Waals surface area (Å²) in [5, 5.41) is 0. The van der Waals surface area contributed by atoms with Crippen molar-refractivity contribution >= 4 is 0 Å². The summed E-state index contributed by atoms with van der Waals surface area (Å²) in [4.78, 5) is 2.37. The molecule has 18 heavy (non-hydrogen) atoms. The Morgan fingerprint density at radius 3 is 2.89 bits per heavy atom.